The molecule has 0 radical (unpaired) electrons. The summed E-state index contributed by atoms with van der Waals surface area (Å²) < 4.78 is 12.9. The summed E-state index contributed by atoms with van der Waals surface area (Å²) in [5, 5.41) is 2.97. The van der Waals surface area contributed by atoms with Crippen LogP contribution in [0, 0.1) is 11.7 Å². The van der Waals surface area contributed by atoms with E-state index >= 15 is 0 Å². The van der Waals surface area contributed by atoms with Gasteiger partial charge in [-0.2, -0.15) is 0 Å². The van der Waals surface area contributed by atoms with Crippen LogP contribution in [-0.4, -0.2) is 11.4 Å². The third-order valence-electron chi connectivity index (χ3n) is 3.42. The number of carbonyl (C=O) groups is 1. The summed E-state index contributed by atoms with van der Waals surface area (Å²) in [5.41, 5.74) is 6.10. The molecule has 3 nitrogen and oxygen atoms in total. The minimum Gasteiger partial charge on any atom is -0.347 e. The molecule has 1 atom stereocenters. The minimum atomic E-state index is -0.673. The molecule has 1 fully saturated rings. The van der Waals surface area contributed by atoms with Gasteiger partial charge in [0.15, 0.2) is 0 Å². The van der Waals surface area contributed by atoms with Crippen molar-refractivity contribution in [3.8, 4) is 0 Å². The van der Waals surface area contributed by atoms with Crippen LogP contribution in [0.1, 0.15) is 38.3 Å². The van der Waals surface area contributed by atoms with Crippen molar-refractivity contribution in [1.29, 1.82) is 0 Å². The molecule has 2 rings (SSSR count). The Labute approximate surface area is 107 Å². The second-order valence-electron chi connectivity index (χ2n) is 5.40. The Bertz CT molecular complexity index is 438. The molecule has 4 heteroatoms. The molecule has 3 N–H and O–H groups in total. The van der Waals surface area contributed by atoms with Crippen LogP contribution in [0.5, 0.6) is 0 Å². The molecule has 1 amide bonds. The zero-order valence-electron chi connectivity index (χ0n) is 10.7. The molecule has 1 saturated carbocycles. The van der Waals surface area contributed by atoms with Crippen molar-refractivity contribution in [2.45, 2.75) is 38.3 Å². The van der Waals surface area contributed by atoms with Crippen LogP contribution >= 0.6 is 0 Å². The molecule has 1 aromatic carbocycles. The first-order chi connectivity index (χ1) is 8.42. The Morgan fingerprint density at radius 1 is 1.33 bits per heavy atom. The molecule has 0 bridgehead atoms. The van der Waals surface area contributed by atoms with Crippen molar-refractivity contribution in [3.05, 3.63) is 35.6 Å². The normalized spacial score (nSPS) is 18.5. The van der Waals surface area contributed by atoms with Gasteiger partial charge in [0.25, 0.3) is 0 Å². The summed E-state index contributed by atoms with van der Waals surface area (Å²) in [5.74, 6) is -0.155. The molecule has 18 heavy (non-hydrogen) atoms. The van der Waals surface area contributed by atoms with Crippen LogP contribution in [0.2, 0.25) is 0 Å². The molecule has 1 aliphatic rings. The molecule has 0 aromatic heterocycles. The summed E-state index contributed by atoms with van der Waals surface area (Å²) in [6.07, 6.45) is 1.49. The highest BCUT2D eigenvalue weighted by molar-refractivity contribution is 5.89. The smallest absolute Gasteiger partial charge is 0.240 e. The van der Waals surface area contributed by atoms with Gasteiger partial charge in [-0.25, -0.2) is 4.39 Å². The molecule has 1 aliphatic carbocycles. The summed E-state index contributed by atoms with van der Waals surface area (Å²) >= 11 is 0. The summed E-state index contributed by atoms with van der Waals surface area (Å²) in [4.78, 5) is 12.0. The van der Waals surface area contributed by atoms with E-state index in [0.717, 1.165) is 18.4 Å². The Kier molecular flexibility index (Phi) is 3.39. The first kappa shape index (κ1) is 13.0. The first-order valence-corrected chi connectivity index (χ1v) is 6.28. The molecular weight excluding hydrogens is 231 g/mol. The standard InChI is InChI=1S/C14H19FN2O/c1-9(2)12(10-3-5-11(15)6-4-10)17-13(18)14(16)7-8-14/h3-6,9,12H,7-8,16H2,1-2H3,(H,17,18). The van der Waals surface area contributed by atoms with Crippen molar-refractivity contribution in [2.75, 3.05) is 0 Å². The number of nitrogens with two attached hydrogens (primary N) is 1. The summed E-state index contributed by atoms with van der Waals surface area (Å²) in [6, 6.07) is 6.10. The molecule has 98 valence electrons. The fraction of sp³-hybridized carbons (Fsp3) is 0.500. The van der Waals surface area contributed by atoms with Crippen molar-refractivity contribution >= 4 is 5.91 Å². The Morgan fingerprint density at radius 2 is 1.89 bits per heavy atom. The predicted octanol–water partition coefficient (Wildman–Crippen LogP) is 2.13. The lowest BCUT2D eigenvalue weighted by Crippen LogP contribution is -2.45. The number of amides is 1. The quantitative estimate of drug-likeness (QED) is 0.860. The molecular formula is C14H19FN2O. The van der Waals surface area contributed by atoms with E-state index in [2.05, 4.69) is 5.32 Å². The van der Waals surface area contributed by atoms with Gasteiger partial charge >= 0.3 is 0 Å². The molecule has 0 heterocycles. The van der Waals surface area contributed by atoms with E-state index in [1.165, 1.54) is 12.1 Å². The first-order valence-electron chi connectivity index (χ1n) is 6.28. The average Bonchev–Trinajstić information content (AvgIpc) is 3.06. The van der Waals surface area contributed by atoms with E-state index in [-0.39, 0.29) is 23.7 Å². The van der Waals surface area contributed by atoms with Crippen molar-refractivity contribution in [1.82, 2.24) is 5.32 Å². The van der Waals surface area contributed by atoms with E-state index in [0.29, 0.717) is 0 Å². The van der Waals surface area contributed by atoms with E-state index < -0.39 is 5.54 Å². The van der Waals surface area contributed by atoms with Gasteiger partial charge in [-0.15, -0.1) is 0 Å². The molecule has 0 saturated heterocycles. The Balaban J connectivity index is 2.13. The minimum absolute atomic E-state index is 0.106. The number of benzene rings is 1. The van der Waals surface area contributed by atoms with Crippen molar-refractivity contribution in [3.63, 3.8) is 0 Å². The number of hydrogen-bond donors (Lipinski definition) is 2. The zero-order chi connectivity index (χ0) is 13.3. The third kappa shape index (κ3) is 2.70. The number of nitrogens with one attached hydrogen (secondary N) is 1. The maximum Gasteiger partial charge on any atom is 0.240 e. The maximum absolute atomic E-state index is 12.9. The number of rotatable bonds is 4. The van der Waals surface area contributed by atoms with Crippen LogP contribution in [0.3, 0.4) is 0 Å². The Morgan fingerprint density at radius 3 is 2.33 bits per heavy atom. The lowest BCUT2D eigenvalue weighted by molar-refractivity contribution is -0.124. The third-order valence-corrected chi connectivity index (χ3v) is 3.42. The lowest BCUT2D eigenvalue weighted by atomic mass is 9.95. The number of carbonyl (C=O) groups excluding carboxylic acids is 1. The van der Waals surface area contributed by atoms with Gasteiger partial charge in [0.2, 0.25) is 5.91 Å². The topological polar surface area (TPSA) is 55.1 Å². The fourth-order valence-electron chi connectivity index (χ4n) is 1.95. The molecule has 0 aliphatic heterocycles. The van der Waals surface area contributed by atoms with E-state index in [9.17, 15) is 9.18 Å². The van der Waals surface area contributed by atoms with Crippen LogP contribution < -0.4 is 11.1 Å². The highest BCUT2D eigenvalue weighted by atomic mass is 19.1. The lowest BCUT2D eigenvalue weighted by Gasteiger charge is -2.24. The van der Waals surface area contributed by atoms with Gasteiger partial charge in [-0.1, -0.05) is 26.0 Å². The highest BCUT2D eigenvalue weighted by Crippen LogP contribution is 2.33. The fourth-order valence-corrected chi connectivity index (χ4v) is 1.95. The van der Waals surface area contributed by atoms with Gasteiger partial charge < -0.3 is 11.1 Å². The van der Waals surface area contributed by atoms with Gasteiger partial charge in [-0.05, 0) is 36.5 Å². The molecule has 0 spiro atoms. The van der Waals surface area contributed by atoms with Crippen LogP contribution in [0.4, 0.5) is 4.39 Å². The van der Waals surface area contributed by atoms with Crippen LogP contribution in [0.15, 0.2) is 24.3 Å². The van der Waals surface area contributed by atoms with Crippen LogP contribution in [-0.2, 0) is 4.79 Å². The summed E-state index contributed by atoms with van der Waals surface area (Å²) in [7, 11) is 0. The van der Waals surface area contributed by atoms with E-state index in [1.807, 2.05) is 13.8 Å². The molecule has 1 aromatic rings. The van der Waals surface area contributed by atoms with Gasteiger partial charge in [0, 0.05) is 0 Å². The highest BCUT2D eigenvalue weighted by Gasteiger charge is 2.46. The molecule has 1 unspecified atom stereocenters. The predicted molar refractivity (Wildman–Crippen MR) is 68.3 cm³/mol. The SMILES string of the molecule is CC(C)C(NC(=O)C1(N)CC1)c1ccc(F)cc1. The zero-order valence-corrected chi connectivity index (χ0v) is 10.7. The number of hydrogen-bond acceptors (Lipinski definition) is 2. The van der Waals surface area contributed by atoms with Crippen molar-refractivity contribution in [2.24, 2.45) is 11.7 Å². The second-order valence-corrected chi connectivity index (χ2v) is 5.40. The van der Waals surface area contributed by atoms with Gasteiger partial charge in [0.1, 0.15) is 5.82 Å². The van der Waals surface area contributed by atoms with Gasteiger partial charge in [0.05, 0.1) is 11.6 Å². The van der Waals surface area contributed by atoms with Gasteiger partial charge in [-0.3, -0.25) is 4.79 Å². The second kappa shape index (κ2) is 4.69. The van der Waals surface area contributed by atoms with E-state index in [4.69, 9.17) is 5.73 Å². The monoisotopic (exact) mass is 250 g/mol. The number of halogens is 1. The Hall–Kier alpha value is -1.42. The van der Waals surface area contributed by atoms with Crippen LogP contribution in [0.25, 0.3) is 0 Å². The van der Waals surface area contributed by atoms with E-state index in [1.54, 1.807) is 12.1 Å². The summed E-state index contributed by atoms with van der Waals surface area (Å²) in [6.45, 7) is 4.04. The maximum atomic E-state index is 12.9. The van der Waals surface area contributed by atoms with Crippen molar-refractivity contribution < 1.29 is 9.18 Å². The average molecular weight is 250 g/mol. The largest absolute Gasteiger partial charge is 0.347 e.